The van der Waals surface area contributed by atoms with Crippen LogP contribution in [0.15, 0.2) is 12.2 Å². The van der Waals surface area contributed by atoms with Gasteiger partial charge < -0.3 is 24.6 Å². The summed E-state index contributed by atoms with van der Waals surface area (Å²) < 4.78 is 33.4. The maximum Gasteiger partial charge on any atom is 0.472 e. The smallest absolute Gasteiger partial charge is 0.457 e. The van der Waals surface area contributed by atoms with Gasteiger partial charge in [-0.15, -0.1) is 0 Å². The molecule has 0 saturated heterocycles. The minimum Gasteiger partial charge on any atom is -0.457 e. The van der Waals surface area contributed by atoms with Gasteiger partial charge in [-0.3, -0.25) is 13.8 Å². The number of allylic oxidation sites excluding steroid dienone is 2. The van der Waals surface area contributed by atoms with E-state index in [1.807, 2.05) is 0 Å². The lowest BCUT2D eigenvalue weighted by Crippen LogP contribution is -2.29. The van der Waals surface area contributed by atoms with Gasteiger partial charge in [0.2, 0.25) is 0 Å². The summed E-state index contributed by atoms with van der Waals surface area (Å²) in [5.41, 5.74) is 0. The van der Waals surface area contributed by atoms with Crippen LogP contribution in [-0.2, 0) is 27.9 Å². The van der Waals surface area contributed by atoms with Crippen LogP contribution in [0, 0.1) is 0 Å². The average molecular weight is 805 g/mol. The second kappa shape index (κ2) is 42.8. The van der Waals surface area contributed by atoms with Crippen molar-refractivity contribution >= 4 is 13.8 Å². The van der Waals surface area contributed by atoms with E-state index in [0.717, 1.165) is 44.9 Å². The lowest BCUT2D eigenvalue weighted by molar-refractivity contribution is -0.154. The van der Waals surface area contributed by atoms with Crippen molar-refractivity contribution in [3.63, 3.8) is 0 Å². The molecule has 0 aromatic carbocycles. The molecule has 0 spiro atoms. The average Bonchev–Trinajstić information content (AvgIpc) is 3.18. The molecule has 0 fully saturated rings. The van der Waals surface area contributed by atoms with Gasteiger partial charge in [0.25, 0.3) is 0 Å². The zero-order chi connectivity index (χ0) is 40.3. The van der Waals surface area contributed by atoms with Crippen molar-refractivity contribution < 1.29 is 43.0 Å². The molecule has 9 nitrogen and oxygen atoms in total. The Morgan fingerprint density at radius 2 is 0.927 bits per heavy atom. The normalized spacial score (nSPS) is 14.1. The molecule has 55 heavy (non-hydrogen) atoms. The predicted octanol–water partition coefficient (Wildman–Crippen LogP) is 12.9. The van der Waals surface area contributed by atoms with Gasteiger partial charge in [-0.05, 0) is 38.5 Å². The molecule has 3 atom stereocenters. The highest BCUT2D eigenvalue weighted by Gasteiger charge is 2.26. The number of hydrogen-bond donors (Lipinski definition) is 3. The maximum atomic E-state index is 12.6. The van der Waals surface area contributed by atoms with Crippen molar-refractivity contribution in [3.8, 4) is 0 Å². The van der Waals surface area contributed by atoms with Crippen molar-refractivity contribution in [2.45, 2.75) is 238 Å². The quantitative estimate of drug-likeness (QED) is 0.0238. The second-order valence-electron chi connectivity index (χ2n) is 15.8. The summed E-state index contributed by atoms with van der Waals surface area (Å²) in [6, 6.07) is 0. The summed E-state index contributed by atoms with van der Waals surface area (Å²) in [4.78, 5) is 22.6. The molecule has 0 rings (SSSR count). The number of unbranched alkanes of at least 4 members (excludes halogenated alkanes) is 29. The van der Waals surface area contributed by atoms with Crippen LogP contribution in [0.25, 0.3) is 0 Å². The van der Waals surface area contributed by atoms with Crippen LogP contribution in [-0.4, -0.2) is 66.3 Å². The summed E-state index contributed by atoms with van der Waals surface area (Å²) >= 11 is 0. The fourth-order valence-corrected chi connectivity index (χ4v) is 7.44. The van der Waals surface area contributed by atoms with Crippen LogP contribution in [0.5, 0.6) is 0 Å². The Morgan fingerprint density at radius 1 is 0.545 bits per heavy atom. The molecule has 0 aliphatic carbocycles. The van der Waals surface area contributed by atoms with E-state index in [9.17, 15) is 19.4 Å². The molecule has 0 saturated carbocycles. The summed E-state index contributed by atoms with van der Waals surface area (Å²) in [6.45, 7) is 3.54. The van der Waals surface area contributed by atoms with E-state index in [1.165, 1.54) is 161 Å². The molecule has 3 unspecified atom stereocenters. The van der Waals surface area contributed by atoms with Crippen molar-refractivity contribution in [1.29, 1.82) is 0 Å². The SMILES string of the molecule is CCCCCCC/C=C\CCCCCCCCOCC(COP(=O)(O)OCC(O)CO)OC(=O)CCCCCCCCCCCCCCCCCCCCC. The van der Waals surface area contributed by atoms with Crippen LogP contribution < -0.4 is 0 Å². The van der Waals surface area contributed by atoms with E-state index in [-0.39, 0.29) is 25.6 Å². The maximum absolute atomic E-state index is 12.6. The molecule has 0 aliphatic heterocycles. The first-order chi connectivity index (χ1) is 26.8. The number of hydrogen-bond acceptors (Lipinski definition) is 8. The lowest BCUT2D eigenvalue weighted by Gasteiger charge is -2.20. The van der Waals surface area contributed by atoms with Crippen LogP contribution in [0.1, 0.15) is 226 Å². The molecule has 0 heterocycles. The van der Waals surface area contributed by atoms with Crippen LogP contribution in [0.2, 0.25) is 0 Å². The minimum absolute atomic E-state index is 0.0507. The van der Waals surface area contributed by atoms with Crippen LogP contribution in [0.4, 0.5) is 0 Å². The number of carbonyl (C=O) groups excluding carboxylic acids is 1. The minimum atomic E-state index is -4.51. The Morgan fingerprint density at radius 3 is 1.36 bits per heavy atom. The first-order valence-corrected chi connectivity index (χ1v) is 24.7. The summed E-state index contributed by atoms with van der Waals surface area (Å²) in [6.07, 6.45) is 43.1. The third kappa shape index (κ3) is 42.6. The van der Waals surface area contributed by atoms with Crippen molar-refractivity contribution in [2.24, 2.45) is 0 Å². The molecule has 10 heteroatoms. The summed E-state index contributed by atoms with van der Waals surface area (Å²) in [7, 11) is -4.51. The molecule has 328 valence electrons. The third-order valence-electron chi connectivity index (χ3n) is 10.2. The Kier molecular flexibility index (Phi) is 42.2. The monoisotopic (exact) mass is 805 g/mol. The highest BCUT2D eigenvalue weighted by atomic mass is 31.2. The van der Waals surface area contributed by atoms with Crippen molar-refractivity contribution in [3.05, 3.63) is 12.2 Å². The van der Waals surface area contributed by atoms with Crippen LogP contribution in [0.3, 0.4) is 0 Å². The number of aliphatic hydroxyl groups excluding tert-OH is 2. The Bertz CT molecular complexity index is 871. The standard InChI is InChI=1S/C45H89O9P/c1-3-5-7-9-11-13-15-17-19-20-21-22-23-25-27-29-31-33-35-37-45(48)54-44(42-53-55(49,50)52-40-43(47)39-46)41-51-38-36-34-32-30-28-26-24-18-16-14-12-10-8-6-4-2/h16,18,43-44,46-47H,3-15,17,19-42H2,1-2H3,(H,49,50)/b18-16-. The van der Waals surface area contributed by atoms with Gasteiger partial charge in [-0.2, -0.15) is 0 Å². The predicted molar refractivity (Wildman–Crippen MR) is 228 cm³/mol. The molecular weight excluding hydrogens is 715 g/mol. The van der Waals surface area contributed by atoms with Crippen LogP contribution >= 0.6 is 7.82 Å². The number of esters is 1. The van der Waals surface area contributed by atoms with Gasteiger partial charge >= 0.3 is 13.8 Å². The molecule has 3 N–H and O–H groups in total. The van der Waals surface area contributed by atoms with E-state index in [1.54, 1.807) is 0 Å². The van der Waals surface area contributed by atoms with E-state index in [2.05, 4.69) is 26.0 Å². The molecule has 0 bridgehead atoms. The lowest BCUT2D eigenvalue weighted by atomic mass is 10.0. The topological polar surface area (TPSA) is 132 Å². The summed E-state index contributed by atoms with van der Waals surface area (Å²) in [5.74, 6) is -0.379. The first-order valence-electron chi connectivity index (χ1n) is 23.2. The molecule has 0 aliphatic rings. The van der Waals surface area contributed by atoms with E-state index in [0.29, 0.717) is 6.61 Å². The molecule has 0 amide bonds. The highest BCUT2D eigenvalue weighted by molar-refractivity contribution is 7.47. The number of rotatable bonds is 45. The Balaban J connectivity index is 4.09. The molecule has 0 aromatic rings. The second-order valence-corrected chi connectivity index (χ2v) is 17.2. The number of phosphoric acid groups is 1. The first kappa shape index (κ1) is 54.2. The molecular formula is C45H89O9P. The van der Waals surface area contributed by atoms with Gasteiger partial charge in [0.15, 0.2) is 0 Å². The number of carbonyl (C=O) groups is 1. The number of phosphoric ester groups is 1. The van der Waals surface area contributed by atoms with Gasteiger partial charge in [0.1, 0.15) is 12.2 Å². The Hall–Kier alpha value is -0.800. The summed E-state index contributed by atoms with van der Waals surface area (Å²) in [5, 5.41) is 18.4. The van der Waals surface area contributed by atoms with Gasteiger partial charge in [0, 0.05) is 13.0 Å². The fraction of sp³-hybridized carbons (Fsp3) is 0.933. The molecule has 0 radical (unpaired) electrons. The zero-order valence-electron chi connectivity index (χ0n) is 35.9. The van der Waals surface area contributed by atoms with E-state index in [4.69, 9.17) is 23.6 Å². The van der Waals surface area contributed by atoms with Gasteiger partial charge in [-0.1, -0.05) is 193 Å². The molecule has 0 aromatic heterocycles. The van der Waals surface area contributed by atoms with E-state index < -0.39 is 33.2 Å². The number of aliphatic hydroxyl groups is 2. The van der Waals surface area contributed by atoms with E-state index >= 15 is 0 Å². The zero-order valence-corrected chi connectivity index (χ0v) is 36.8. The van der Waals surface area contributed by atoms with Crippen molar-refractivity contribution in [2.75, 3.05) is 33.0 Å². The highest BCUT2D eigenvalue weighted by Crippen LogP contribution is 2.43. The van der Waals surface area contributed by atoms with Crippen molar-refractivity contribution in [1.82, 2.24) is 0 Å². The number of ether oxygens (including phenoxy) is 2. The fourth-order valence-electron chi connectivity index (χ4n) is 6.65. The largest absolute Gasteiger partial charge is 0.472 e. The Labute approximate surface area is 339 Å². The van der Waals surface area contributed by atoms with Gasteiger partial charge in [0.05, 0.1) is 26.4 Å². The third-order valence-corrected chi connectivity index (χ3v) is 11.2. The van der Waals surface area contributed by atoms with Gasteiger partial charge in [-0.25, -0.2) is 4.57 Å².